The topological polar surface area (TPSA) is 45.8 Å². The van der Waals surface area contributed by atoms with Crippen molar-refractivity contribution in [2.75, 3.05) is 0 Å². The minimum absolute atomic E-state index is 0.0557. The molecule has 1 N–H and O–H groups in total. The second-order valence-electron chi connectivity index (χ2n) is 3.07. The number of aromatic nitrogens is 2. The van der Waals surface area contributed by atoms with Crippen molar-refractivity contribution in [3.05, 3.63) is 39.8 Å². The third-order valence-corrected chi connectivity index (χ3v) is 2.61. The van der Waals surface area contributed by atoms with Crippen molar-refractivity contribution >= 4 is 29.5 Å². The molecule has 0 unspecified atom stereocenters. The summed E-state index contributed by atoms with van der Waals surface area (Å²) >= 11 is 11.5. The van der Waals surface area contributed by atoms with Crippen LogP contribution in [0.25, 0.3) is 11.3 Å². The van der Waals surface area contributed by atoms with E-state index < -0.39 is 5.82 Å². The van der Waals surface area contributed by atoms with Crippen LogP contribution in [-0.4, -0.2) is 16.5 Å². The highest BCUT2D eigenvalue weighted by Gasteiger charge is 2.11. The summed E-state index contributed by atoms with van der Waals surface area (Å²) in [6, 6.07) is 3.94. The molecule has 0 fully saturated rings. The summed E-state index contributed by atoms with van der Waals surface area (Å²) in [6.07, 6.45) is 0.608. The molecule has 0 saturated heterocycles. The lowest BCUT2D eigenvalue weighted by Crippen LogP contribution is -1.84. The Morgan fingerprint density at radius 1 is 1.25 bits per heavy atom. The van der Waals surface area contributed by atoms with Gasteiger partial charge < -0.3 is 0 Å². The maximum atomic E-state index is 13.2. The van der Waals surface area contributed by atoms with Crippen molar-refractivity contribution in [1.82, 2.24) is 10.2 Å². The highest BCUT2D eigenvalue weighted by Crippen LogP contribution is 2.31. The van der Waals surface area contributed by atoms with E-state index in [1.165, 1.54) is 18.2 Å². The fourth-order valence-corrected chi connectivity index (χ4v) is 1.73. The molecule has 0 saturated carbocycles. The van der Waals surface area contributed by atoms with E-state index in [2.05, 4.69) is 10.2 Å². The molecule has 6 heteroatoms. The number of carbonyl (C=O) groups is 1. The Bertz CT molecular complexity index is 554. The quantitative estimate of drug-likeness (QED) is 0.664. The van der Waals surface area contributed by atoms with Crippen LogP contribution in [0.15, 0.2) is 18.2 Å². The summed E-state index contributed by atoms with van der Waals surface area (Å²) in [6.45, 7) is 0. The fourth-order valence-electron chi connectivity index (χ4n) is 1.25. The SMILES string of the molecule is O=Cc1cc(-c2cc(F)c(Cl)cc2Cl)n[nH]1. The van der Waals surface area contributed by atoms with Crippen molar-refractivity contribution in [2.45, 2.75) is 0 Å². The Labute approximate surface area is 100 Å². The molecular weight excluding hydrogens is 254 g/mol. The van der Waals surface area contributed by atoms with E-state index in [4.69, 9.17) is 23.2 Å². The van der Waals surface area contributed by atoms with Gasteiger partial charge in [0.2, 0.25) is 0 Å². The first-order valence-electron chi connectivity index (χ1n) is 4.27. The molecule has 0 spiro atoms. The molecule has 0 atom stereocenters. The number of hydrogen-bond donors (Lipinski definition) is 1. The van der Waals surface area contributed by atoms with Crippen molar-refractivity contribution < 1.29 is 9.18 Å². The maximum Gasteiger partial charge on any atom is 0.167 e. The molecule has 1 aromatic heterocycles. The Hall–Kier alpha value is -1.39. The molecule has 1 aromatic carbocycles. The molecule has 3 nitrogen and oxygen atoms in total. The molecular formula is C10H5Cl2FN2O. The highest BCUT2D eigenvalue weighted by atomic mass is 35.5. The number of aldehydes is 1. The van der Waals surface area contributed by atoms with Gasteiger partial charge in [-0.3, -0.25) is 9.89 Å². The van der Waals surface area contributed by atoms with E-state index in [0.717, 1.165) is 0 Å². The Kier molecular flexibility index (Phi) is 2.94. The monoisotopic (exact) mass is 258 g/mol. The summed E-state index contributed by atoms with van der Waals surface area (Å²) in [4.78, 5) is 10.5. The Morgan fingerprint density at radius 2 is 2.00 bits per heavy atom. The second kappa shape index (κ2) is 4.23. The minimum atomic E-state index is -0.586. The lowest BCUT2D eigenvalue weighted by Gasteiger charge is -2.01. The number of aromatic amines is 1. The van der Waals surface area contributed by atoms with Crippen molar-refractivity contribution in [3.63, 3.8) is 0 Å². The lowest BCUT2D eigenvalue weighted by molar-refractivity contribution is 0.111. The van der Waals surface area contributed by atoms with Crippen LogP contribution in [0.4, 0.5) is 4.39 Å². The summed E-state index contributed by atoms with van der Waals surface area (Å²) in [7, 11) is 0. The van der Waals surface area contributed by atoms with Gasteiger partial charge in [0, 0.05) is 5.56 Å². The van der Waals surface area contributed by atoms with Crippen LogP contribution in [0.1, 0.15) is 10.5 Å². The standard InChI is InChI=1S/C10H5Cl2FN2O/c11-7-3-8(12)9(13)2-6(7)10-1-5(4-16)14-15-10/h1-4H,(H,14,15). The predicted molar refractivity (Wildman–Crippen MR) is 59.4 cm³/mol. The molecule has 1 heterocycles. The number of rotatable bonds is 2. The van der Waals surface area contributed by atoms with Gasteiger partial charge in [-0.25, -0.2) is 4.39 Å². The normalized spacial score (nSPS) is 10.4. The van der Waals surface area contributed by atoms with Crippen LogP contribution in [-0.2, 0) is 0 Å². The number of carbonyl (C=O) groups excluding carboxylic acids is 1. The van der Waals surface area contributed by atoms with Crippen molar-refractivity contribution in [3.8, 4) is 11.3 Å². The molecule has 0 aliphatic rings. The number of nitrogens with one attached hydrogen (secondary N) is 1. The molecule has 0 aliphatic carbocycles. The summed E-state index contributed by atoms with van der Waals surface area (Å²) in [5.41, 5.74) is 1.07. The first-order valence-corrected chi connectivity index (χ1v) is 5.03. The Balaban J connectivity index is 2.55. The van der Waals surface area contributed by atoms with Gasteiger partial charge in [0.25, 0.3) is 0 Å². The van der Waals surface area contributed by atoms with Gasteiger partial charge in [-0.2, -0.15) is 5.10 Å². The summed E-state index contributed by atoms with van der Waals surface area (Å²) < 4.78 is 13.2. The van der Waals surface area contributed by atoms with E-state index in [0.29, 0.717) is 23.2 Å². The highest BCUT2D eigenvalue weighted by molar-refractivity contribution is 6.36. The largest absolute Gasteiger partial charge is 0.296 e. The van der Waals surface area contributed by atoms with Crippen LogP contribution >= 0.6 is 23.2 Å². The Morgan fingerprint density at radius 3 is 2.62 bits per heavy atom. The lowest BCUT2D eigenvalue weighted by atomic mass is 10.1. The first-order chi connectivity index (χ1) is 7.61. The van der Waals surface area contributed by atoms with Gasteiger partial charge in [0.15, 0.2) is 6.29 Å². The van der Waals surface area contributed by atoms with Gasteiger partial charge >= 0.3 is 0 Å². The third kappa shape index (κ3) is 1.94. The average Bonchev–Trinajstić information content (AvgIpc) is 2.71. The van der Waals surface area contributed by atoms with Crippen LogP contribution in [0.5, 0.6) is 0 Å². The van der Waals surface area contributed by atoms with Gasteiger partial charge in [-0.05, 0) is 18.2 Å². The van der Waals surface area contributed by atoms with E-state index in [-0.39, 0.29) is 10.0 Å². The van der Waals surface area contributed by atoms with Gasteiger partial charge in [-0.1, -0.05) is 23.2 Å². The number of hydrogen-bond acceptors (Lipinski definition) is 2. The summed E-state index contributed by atoms with van der Waals surface area (Å²) in [5.74, 6) is -0.586. The van der Waals surface area contributed by atoms with E-state index >= 15 is 0 Å². The smallest absolute Gasteiger partial charge is 0.167 e. The fraction of sp³-hybridized carbons (Fsp3) is 0. The van der Waals surface area contributed by atoms with Crippen LogP contribution < -0.4 is 0 Å². The van der Waals surface area contributed by atoms with E-state index in [9.17, 15) is 9.18 Å². The minimum Gasteiger partial charge on any atom is -0.296 e. The third-order valence-electron chi connectivity index (χ3n) is 2.01. The number of benzene rings is 1. The number of H-pyrrole nitrogens is 1. The van der Waals surface area contributed by atoms with Gasteiger partial charge in [-0.15, -0.1) is 0 Å². The molecule has 0 amide bonds. The predicted octanol–water partition coefficient (Wildman–Crippen LogP) is 3.34. The molecule has 0 bridgehead atoms. The zero-order chi connectivity index (χ0) is 11.7. The molecule has 16 heavy (non-hydrogen) atoms. The van der Waals surface area contributed by atoms with E-state index in [1.807, 2.05) is 0 Å². The van der Waals surface area contributed by atoms with Crippen molar-refractivity contribution in [1.29, 1.82) is 0 Å². The van der Waals surface area contributed by atoms with Crippen LogP contribution in [0, 0.1) is 5.82 Å². The average molecular weight is 259 g/mol. The molecule has 0 aliphatic heterocycles. The van der Waals surface area contributed by atoms with Crippen LogP contribution in [0.2, 0.25) is 10.0 Å². The zero-order valence-electron chi connectivity index (χ0n) is 7.80. The van der Waals surface area contributed by atoms with Gasteiger partial charge in [0.05, 0.1) is 21.4 Å². The molecule has 2 rings (SSSR count). The maximum absolute atomic E-state index is 13.2. The number of halogens is 3. The van der Waals surface area contributed by atoms with Crippen LogP contribution in [0.3, 0.4) is 0 Å². The van der Waals surface area contributed by atoms with Gasteiger partial charge in [0.1, 0.15) is 5.82 Å². The zero-order valence-corrected chi connectivity index (χ0v) is 9.31. The number of nitrogens with zero attached hydrogens (tertiary/aromatic N) is 1. The second-order valence-corrected chi connectivity index (χ2v) is 3.89. The first kappa shape index (κ1) is 11.1. The molecule has 82 valence electrons. The van der Waals surface area contributed by atoms with E-state index in [1.54, 1.807) is 0 Å². The van der Waals surface area contributed by atoms with Crippen molar-refractivity contribution in [2.24, 2.45) is 0 Å². The molecule has 0 radical (unpaired) electrons. The molecule has 2 aromatic rings. The summed E-state index contributed by atoms with van der Waals surface area (Å²) in [5, 5.41) is 6.54.